The van der Waals surface area contributed by atoms with E-state index in [2.05, 4.69) is 25.6 Å². The van der Waals surface area contributed by atoms with Gasteiger partial charge in [-0.25, -0.2) is 23.5 Å². The van der Waals surface area contributed by atoms with Crippen molar-refractivity contribution in [3.63, 3.8) is 0 Å². The number of nitrogens with one attached hydrogen (secondary N) is 2. The lowest BCUT2D eigenvalue weighted by molar-refractivity contribution is -0.173. The first-order chi connectivity index (χ1) is 21.9. The van der Waals surface area contributed by atoms with E-state index in [9.17, 15) is 33.4 Å². The Hall–Kier alpha value is -4.56. The van der Waals surface area contributed by atoms with E-state index in [1.807, 2.05) is 13.0 Å². The molecular weight excluding hydrogens is 604 g/mol. The number of alkyl halides is 2. The zero-order valence-electron chi connectivity index (χ0n) is 25.7. The van der Waals surface area contributed by atoms with Gasteiger partial charge in [-0.05, 0) is 87.4 Å². The molecule has 0 bridgehead atoms. The van der Waals surface area contributed by atoms with Crippen molar-refractivity contribution in [2.24, 2.45) is 11.8 Å². The molecule has 4 N–H and O–H groups in total. The van der Waals surface area contributed by atoms with Gasteiger partial charge < -0.3 is 30.3 Å². The molecular formula is C32H37F2N5O7. The molecule has 0 radical (unpaired) electrons. The van der Waals surface area contributed by atoms with Crippen LogP contribution in [-0.2, 0) is 29.5 Å². The number of rotatable bonds is 12. The molecule has 4 rings (SSSR count). The number of anilines is 2. The minimum atomic E-state index is -2.62. The molecule has 1 aliphatic carbocycles. The second kappa shape index (κ2) is 15.1. The van der Waals surface area contributed by atoms with E-state index in [0.717, 1.165) is 5.56 Å². The number of aliphatic hydroxyl groups is 2. The quantitative estimate of drug-likeness (QED) is 0.166. The maximum Gasteiger partial charge on any atom is 0.333 e. The van der Waals surface area contributed by atoms with E-state index < -0.39 is 55.2 Å². The summed E-state index contributed by atoms with van der Waals surface area (Å²) in [5.74, 6) is -1.92. The first-order valence-electron chi connectivity index (χ1n) is 14.8. The summed E-state index contributed by atoms with van der Waals surface area (Å²) in [6.45, 7) is 3.46. The standard InChI is InChI=1S/C32H37F2N5O7/c1-18-12-24(38-28(13-18)39-27-14-21(29(33)34)10-11-35-27)22-6-9-26(36-15-22)32(3,44)23-7-4-20(5-8-23)30(42)45-17-46-31(43)25(16-40)37-19(2)41/h6,9-15,20,23,25,29,40,44H,4-5,7-8,16-17H2,1-3H3,(H,37,41)(H,35,38,39)/t20-,23-,25?,32-/m1/s1. The normalized spacial score (nSPS) is 18.3. The number of ether oxygens (including phenoxy) is 2. The van der Waals surface area contributed by atoms with Crippen LogP contribution in [0.4, 0.5) is 20.4 Å². The van der Waals surface area contributed by atoms with Crippen LogP contribution in [0.1, 0.15) is 62.8 Å². The van der Waals surface area contributed by atoms with Gasteiger partial charge in [-0.2, -0.15) is 0 Å². The van der Waals surface area contributed by atoms with E-state index in [0.29, 0.717) is 48.5 Å². The molecule has 0 spiro atoms. The van der Waals surface area contributed by atoms with Gasteiger partial charge in [0.15, 0.2) is 6.04 Å². The van der Waals surface area contributed by atoms with Crippen molar-refractivity contribution >= 4 is 29.5 Å². The molecule has 3 aromatic rings. The lowest BCUT2D eigenvalue weighted by Crippen LogP contribution is -2.43. The number of amides is 1. The van der Waals surface area contributed by atoms with Crippen molar-refractivity contribution in [2.75, 3.05) is 18.7 Å². The smallest absolute Gasteiger partial charge is 0.333 e. The van der Waals surface area contributed by atoms with Gasteiger partial charge in [-0.15, -0.1) is 0 Å². The van der Waals surface area contributed by atoms with Crippen molar-refractivity contribution < 1.29 is 42.9 Å². The van der Waals surface area contributed by atoms with E-state index >= 15 is 0 Å². The number of pyridine rings is 3. The number of hydrogen-bond acceptors (Lipinski definition) is 11. The third-order valence-corrected chi connectivity index (χ3v) is 7.94. The van der Waals surface area contributed by atoms with E-state index in [1.165, 1.54) is 25.3 Å². The Balaban J connectivity index is 1.33. The number of esters is 2. The van der Waals surface area contributed by atoms with Crippen molar-refractivity contribution in [1.29, 1.82) is 0 Å². The molecule has 1 aliphatic rings. The number of hydrogen-bond donors (Lipinski definition) is 4. The topological polar surface area (TPSA) is 173 Å². The van der Waals surface area contributed by atoms with Crippen LogP contribution in [-0.4, -0.2) is 62.5 Å². The second-order valence-electron chi connectivity index (χ2n) is 11.4. The fourth-order valence-electron chi connectivity index (χ4n) is 5.40. The highest BCUT2D eigenvalue weighted by Gasteiger charge is 2.39. The Morgan fingerprint density at radius 3 is 2.41 bits per heavy atom. The summed E-state index contributed by atoms with van der Waals surface area (Å²) in [5, 5.41) is 25.9. The fourth-order valence-corrected chi connectivity index (χ4v) is 5.40. The number of aromatic nitrogens is 3. The Morgan fingerprint density at radius 1 is 1.04 bits per heavy atom. The van der Waals surface area contributed by atoms with Gasteiger partial charge >= 0.3 is 11.9 Å². The van der Waals surface area contributed by atoms with E-state index in [4.69, 9.17) is 9.47 Å². The van der Waals surface area contributed by atoms with Gasteiger partial charge in [0.2, 0.25) is 12.7 Å². The molecule has 14 heteroatoms. The SMILES string of the molecule is CC(=O)NC(CO)C(=O)OCOC(=O)[C@H]1CC[C@H]([C@@](C)(O)c2ccc(-c3cc(C)cc(Nc4cc(C(F)F)ccn4)n3)cn2)CC1. The molecule has 46 heavy (non-hydrogen) atoms. The maximum atomic E-state index is 13.1. The average Bonchev–Trinajstić information content (AvgIpc) is 3.03. The van der Waals surface area contributed by atoms with Crippen molar-refractivity contribution in [1.82, 2.24) is 20.3 Å². The maximum absolute atomic E-state index is 13.1. The molecule has 12 nitrogen and oxygen atoms in total. The second-order valence-corrected chi connectivity index (χ2v) is 11.4. The first-order valence-corrected chi connectivity index (χ1v) is 14.8. The van der Waals surface area contributed by atoms with Gasteiger partial charge in [0.05, 0.1) is 23.9 Å². The molecule has 246 valence electrons. The molecule has 1 fully saturated rings. The first kappa shape index (κ1) is 34.3. The molecule has 1 saturated carbocycles. The minimum Gasteiger partial charge on any atom is -0.428 e. The monoisotopic (exact) mass is 641 g/mol. The molecule has 0 aromatic carbocycles. The molecule has 3 aromatic heterocycles. The third-order valence-electron chi connectivity index (χ3n) is 7.94. The summed E-state index contributed by atoms with van der Waals surface area (Å²) in [7, 11) is 0. The van der Waals surface area contributed by atoms with Crippen LogP contribution in [0.25, 0.3) is 11.3 Å². The Kier molecular flexibility index (Phi) is 11.3. The summed E-state index contributed by atoms with van der Waals surface area (Å²) in [6.07, 6.45) is 2.26. The zero-order chi connectivity index (χ0) is 33.4. The van der Waals surface area contributed by atoms with Crippen LogP contribution in [0.3, 0.4) is 0 Å². The molecule has 1 unspecified atom stereocenters. The fraction of sp³-hybridized carbons (Fsp3) is 0.438. The molecule has 1 amide bonds. The molecule has 3 heterocycles. The summed E-state index contributed by atoms with van der Waals surface area (Å²) in [6, 6.07) is 8.44. The number of nitrogens with zero attached hydrogens (tertiary/aromatic N) is 3. The summed E-state index contributed by atoms with van der Waals surface area (Å²) >= 11 is 0. The number of carbonyl (C=O) groups is 3. The lowest BCUT2D eigenvalue weighted by Gasteiger charge is -2.37. The number of halogens is 2. The predicted octanol–water partition coefficient (Wildman–Crippen LogP) is 4.08. The Bertz CT molecular complexity index is 1530. The van der Waals surface area contributed by atoms with Gasteiger partial charge in [0, 0.05) is 30.4 Å². The van der Waals surface area contributed by atoms with Gasteiger partial charge in [-0.3, -0.25) is 14.6 Å². The highest BCUT2D eigenvalue weighted by molar-refractivity contribution is 5.83. The van der Waals surface area contributed by atoms with Crippen LogP contribution in [0.5, 0.6) is 0 Å². The Morgan fingerprint density at radius 2 is 1.78 bits per heavy atom. The highest BCUT2D eigenvalue weighted by atomic mass is 19.3. The lowest BCUT2D eigenvalue weighted by atomic mass is 9.73. The van der Waals surface area contributed by atoms with Crippen molar-refractivity contribution in [3.05, 3.63) is 65.6 Å². The van der Waals surface area contributed by atoms with Crippen molar-refractivity contribution in [3.8, 4) is 11.3 Å². The summed E-state index contributed by atoms with van der Waals surface area (Å²) < 4.78 is 36.1. The number of aliphatic hydroxyl groups excluding tert-OH is 1. The average molecular weight is 642 g/mol. The molecule has 0 saturated heterocycles. The minimum absolute atomic E-state index is 0.151. The molecule has 2 atom stereocenters. The van der Waals surface area contributed by atoms with Crippen LogP contribution in [0.15, 0.2) is 48.8 Å². The van der Waals surface area contributed by atoms with E-state index in [-0.39, 0.29) is 17.3 Å². The van der Waals surface area contributed by atoms with Crippen molar-refractivity contribution in [2.45, 2.75) is 64.5 Å². The summed E-state index contributed by atoms with van der Waals surface area (Å²) in [4.78, 5) is 48.8. The van der Waals surface area contributed by atoms with Crippen LogP contribution < -0.4 is 10.6 Å². The van der Waals surface area contributed by atoms with E-state index in [1.54, 1.807) is 31.3 Å². The number of aryl methyl sites for hydroxylation is 1. The van der Waals surface area contributed by atoms with Gasteiger partial charge in [0.1, 0.15) is 17.2 Å². The highest BCUT2D eigenvalue weighted by Crippen LogP contribution is 2.41. The molecule has 0 aliphatic heterocycles. The van der Waals surface area contributed by atoms with Gasteiger partial charge in [-0.1, -0.05) is 0 Å². The van der Waals surface area contributed by atoms with Gasteiger partial charge in [0.25, 0.3) is 6.43 Å². The largest absolute Gasteiger partial charge is 0.428 e. The number of carbonyl (C=O) groups excluding carboxylic acids is 3. The zero-order valence-corrected chi connectivity index (χ0v) is 25.7. The van der Waals surface area contributed by atoms with Crippen LogP contribution >= 0.6 is 0 Å². The van der Waals surface area contributed by atoms with Crippen LogP contribution in [0.2, 0.25) is 0 Å². The Labute approximate surface area is 264 Å². The third kappa shape index (κ3) is 8.79. The van der Waals surface area contributed by atoms with Crippen LogP contribution in [0, 0.1) is 18.8 Å². The predicted molar refractivity (Wildman–Crippen MR) is 161 cm³/mol. The summed E-state index contributed by atoms with van der Waals surface area (Å²) in [5.41, 5.74) is 1.20.